The second kappa shape index (κ2) is 12.1. The van der Waals surface area contributed by atoms with E-state index in [1.807, 2.05) is 6.07 Å². The van der Waals surface area contributed by atoms with Gasteiger partial charge in [0, 0.05) is 0 Å². The van der Waals surface area contributed by atoms with Gasteiger partial charge in [-0.1, -0.05) is 91.0 Å². The molecule has 0 aliphatic heterocycles. The molecule has 35 heavy (non-hydrogen) atoms. The fraction of sp³-hybridized carbons (Fsp3) is 0. The van der Waals surface area contributed by atoms with Crippen molar-refractivity contribution in [3.05, 3.63) is 152 Å². The molecular formula is C30H27BO3P+. The lowest BCUT2D eigenvalue weighted by Crippen LogP contribution is -2.38. The van der Waals surface area contributed by atoms with Gasteiger partial charge in [0.15, 0.2) is 0 Å². The van der Waals surface area contributed by atoms with Crippen molar-refractivity contribution in [1.29, 1.82) is 0 Å². The Morgan fingerprint density at radius 3 is 0.914 bits per heavy atom. The molecule has 172 valence electrons. The average Bonchev–Trinajstić information content (AvgIpc) is 2.92. The Morgan fingerprint density at radius 2 is 0.657 bits per heavy atom. The molecule has 0 spiro atoms. The molecule has 5 heteroatoms. The van der Waals surface area contributed by atoms with Gasteiger partial charge in [-0.2, -0.15) is 0 Å². The third-order valence-electron chi connectivity index (χ3n) is 5.56. The Kier molecular flexibility index (Phi) is 8.48. The van der Waals surface area contributed by atoms with Crippen LogP contribution in [0.5, 0.6) is 5.75 Å². The van der Waals surface area contributed by atoms with Crippen LogP contribution in [-0.2, 0) is 0 Å². The Balaban J connectivity index is 0.000000243. The van der Waals surface area contributed by atoms with E-state index in [0.29, 0.717) is 5.75 Å². The molecule has 0 unspecified atom stereocenters. The van der Waals surface area contributed by atoms with E-state index in [1.54, 1.807) is 24.3 Å². The maximum Gasteiger partial charge on any atom is 0.707 e. The predicted octanol–water partition coefficient (Wildman–Crippen LogP) is 4.34. The molecule has 0 atom stereocenters. The number of hydrogen-bond donors (Lipinski definition) is 2. The lowest BCUT2D eigenvalue weighted by molar-refractivity contribution is 0.288. The van der Waals surface area contributed by atoms with Gasteiger partial charge in [0.05, 0.1) is 0 Å². The Hall–Kier alpha value is -3.69. The minimum atomic E-state index is -1.91. The van der Waals surface area contributed by atoms with Crippen LogP contribution in [-0.4, -0.2) is 17.4 Å². The van der Waals surface area contributed by atoms with Gasteiger partial charge in [0.2, 0.25) is 0 Å². The summed E-state index contributed by atoms with van der Waals surface area (Å²) in [5.41, 5.74) is 0. The first-order valence-electron chi connectivity index (χ1n) is 11.4. The van der Waals surface area contributed by atoms with Gasteiger partial charge in [0.1, 0.15) is 34.2 Å². The van der Waals surface area contributed by atoms with E-state index in [2.05, 4.69) is 126 Å². The number of benzene rings is 5. The van der Waals surface area contributed by atoms with Crippen molar-refractivity contribution in [2.75, 3.05) is 0 Å². The average molecular weight is 477 g/mol. The van der Waals surface area contributed by atoms with Crippen molar-refractivity contribution in [2.24, 2.45) is 0 Å². The molecule has 0 bridgehead atoms. The van der Waals surface area contributed by atoms with Crippen molar-refractivity contribution < 1.29 is 14.7 Å². The minimum Gasteiger partial charge on any atom is -0.512 e. The fourth-order valence-electron chi connectivity index (χ4n) is 4.12. The van der Waals surface area contributed by atoms with Gasteiger partial charge in [-0.3, -0.25) is 0 Å². The monoisotopic (exact) mass is 477 g/mol. The van der Waals surface area contributed by atoms with Crippen LogP contribution in [0.25, 0.3) is 0 Å². The fourth-order valence-corrected chi connectivity index (χ4v) is 8.39. The summed E-state index contributed by atoms with van der Waals surface area (Å²) in [6, 6.07) is 52.4. The standard InChI is InChI=1S/C24H20P.C6H7BO3/c1-5-13-21(14-6-1)25(22-15-7-2-8-16-22,23-17-9-3-10-18-23)24-19-11-4-12-20-24;8-7(9)10-6-4-2-1-3-5-6/h1-20H;1-5,8-9H/q+1;. The van der Waals surface area contributed by atoms with Crippen molar-refractivity contribution in [3.63, 3.8) is 0 Å². The highest BCUT2D eigenvalue weighted by atomic mass is 31.2. The molecule has 3 nitrogen and oxygen atoms in total. The van der Waals surface area contributed by atoms with E-state index in [-0.39, 0.29) is 0 Å². The molecule has 5 aromatic carbocycles. The molecule has 2 N–H and O–H groups in total. The smallest absolute Gasteiger partial charge is 0.512 e. The molecule has 0 aliphatic rings. The van der Waals surface area contributed by atoms with Crippen molar-refractivity contribution >= 4 is 35.8 Å². The van der Waals surface area contributed by atoms with Gasteiger partial charge in [-0.05, 0) is 60.7 Å². The lowest BCUT2D eigenvalue weighted by Gasteiger charge is -2.27. The van der Waals surface area contributed by atoms with E-state index in [1.165, 1.54) is 21.2 Å². The molecule has 0 saturated carbocycles. The second-order valence-corrected chi connectivity index (χ2v) is 11.2. The van der Waals surface area contributed by atoms with Crippen LogP contribution >= 0.6 is 7.26 Å². The summed E-state index contributed by atoms with van der Waals surface area (Å²) in [6.07, 6.45) is 0. The van der Waals surface area contributed by atoms with Crippen molar-refractivity contribution in [1.82, 2.24) is 0 Å². The summed E-state index contributed by atoms with van der Waals surface area (Å²) in [5.74, 6) is 0.442. The van der Waals surface area contributed by atoms with Gasteiger partial charge in [-0.15, -0.1) is 0 Å². The first-order chi connectivity index (χ1) is 17.2. The van der Waals surface area contributed by atoms with Crippen molar-refractivity contribution in [2.45, 2.75) is 0 Å². The van der Waals surface area contributed by atoms with Gasteiger partial charge in [0.25, 0.3) is 0 Å². The largest absolute Gasteiger partial charge is 0.707 e. The van der Waals surface area contributed by atoms with E-state index >= 15 is 0 Å². The zero-order valence-corrected chi connectivity index (χ0v) is 20.2. The lowest BCUT2D eigenvalue weighted by atomic mass is 10.2. The third kappa shape index (κ3) is 5.88. The van der Waals surface area contributed by atoms with Crippen LogP contribution in [0.3, 0.4) is 0 Å². The van der Waals surface area contributed by atoms with Gasteiger partial charge >= 0.3 is 7.32 Å². The quantitative estimate of drug-likeness (QED) is 0.283. The summed E-state index contributed by atoms with van der Waals surface area (Å²) in [4.78, 5) is 0. The van der Waals surface area contributed by atoms with E-state index < -0.39 is 14.6 Å². The molecule has 0 radical (unpaired) electrons. The second-order valence-electron chi connectivity index (χ2n) is 7.77. The van der Waals surface area contributed by atoms with E-state index in [0.717, 1.165) is 0 Å². The molecule has 0 fully saturated rings. The normalized spacial score (nSPS) is 10.6. The molecule has 0 aliphatic carbocycles. The minimum absolute atomic E-state index is 0.442. The molecule has 0 amide bonds. The Bertz CT molecular complexity index is 1110. The molecule has 0 saturated heterocycles. The van der Waals surface area contributed by atoms with E-state index in [9.17, 15) is 0 Å². The van der Waals surface area contributed by atoms with Crippen LogP contribution in [0.4, 0.5) is 0 Å². The highest BCUT2D eigenvalue weighted by Gasteiger charge is 2.47. The summed E-state index contributed by atoms with van der Waals surface area (Å²) in [7, 11) is -3.64. The van der Waals surface area contributed by atoms with E-state index in [4.69, 9.17) is 10.0 Å². The third-order valence-corrected chi connectivity index (χ3v) is 9.85. The molecule has 5 rings (SSSR count). The summed E-state index contributed by atoms with van der Waals surface area (Å²) >= 11 is 0. The van der Waals surface area contributed by atoms with Crippen LogP contribution < -0.4 is 25.9 Å². The topological polar surface area (TPSA) is 49.7 Å². The molecule has 5 aromatic rings. The number of rotatable bonds is 6. The summed E-state index contributed by atoms with van der Waals surface area (Å²) in [6.45, 7) is 0. The number of hydrogen-bond acceptors (Lipinski definition) is 3. The zero-order valence-electron chi connectivity index (χ0n) is 19.3. The highest BCUT2D eigenvalue weighted by Crippen LogP contribution is 2.53. The van der Waals surface area contributed by atoms with Gasteiger partial charge in [-0.25, -0.2) is 0 Å². The van der Waals surface area contributed by atoms with Crippen molar-refractivity contribution in [3.8, 4) is 5.75 Å². The molecule has 0 aromatic heterocycles. The maximum atomic E-state index is 8.34. The summed E-state index contributed by atoms with van der Waals surface area (Å²) < 4.78 is 4.53. The molecule has 0 heterocycles. The SMILES string of the molecule is OB(O)Oc1ccccc1.c1ccc([P+](c2ccccc2)(c2ccccc2)c2ccccc2)cc1. The molecular weight excluding hydrogens is 450 g/mol. The Labute approximate surface area is 207 Å². The van der Waals surface area contributed by atoms with Crippen LogP contribution in [0.2, 0.25) is 0 Å². The van der Waals surface area contributed by atoms with Gasteiger partial charge < -0.3 is 14.7 Å². The summed E-state index contributed by atoms with van der Waals surface area (Å²) in [5, 5.41) is 22.2. The van der Waals surface area contributed by atoms with Crippen LogP contribution in [0.1, 0.15) is 0 Å². The van der Waals surface area contributed by atoms with Crippen LogP contribution in [0.15, 0.2) is 152 Å². The van der Waals surface area contributed by atoms with Crippen LogP contribution in [0, 0.1) is 0 Å². The predicted molar refractivity (Wildman–Crippen MR) is 148 cm³/mol. The maximum absolute atomic E-state index is 8.34. The number of para-hydroxylation sites is 1. The highest BCUT2D eigenvalue weighted by molar-refractivity contribution is 8.01. The first-order valence-corrected chi connectivity index (χ1v) is 13.2. The Morgan fingerprint density at radius 1 is 0.400 bits per heavy atom. The zero-order chi connectivity index (χ0) is 24.3. The first kappa shape index (κ1) is 24.4.